The highest BCUT2D eigenvalue weighted by Crippen LogP contribution is 2.23. The molecule has 0 aliphatic rings. The molecule has 0 aliphatic carbocycles. The molecular weight excluding hydrogens is 363 g/mol. The van der Waals surface area contributed by atoms with E-state index in [4.69, 9.17) is 11.6 Å². The third-order valence-corrected chi connectivity index (χ3v) is 4.51. The van der Waals surface area contributed by atoms with Crippen molar-refractivity contribution in [3.05, 3.63) is 101 Å². The van der Waals surface area contributed by atoms with Gasteiger partial charge in [-0.15, -0.1) is 0 Å². The Morgan fingerprint density at radius 1 is 0.926 bits per heavy atom. The van der Waals surface area contributed by atoms with Crippen molar-refractivity contribution in [3.8, 4) is 0 Å². The molecule has 0 radical (unpaired) electrons. The Morgan fingerprint density at radius 3 is 2.26 bits per heavy atom. The second-order valence-corrected chi connectivity index (χ2v) is 6.72. The Kier molecular flexibility index (Phi) is 6.22. The molecule has 3 aromatic rings. The summed E-state index contributed by atoms with van der Waals surface area (Å²) in [4.78, 5) is 12.9. The number of nitrogens with one attached hydrogen (secondary N) is 2. The van der Waals surface area contributed by atoms with Gasteiger partial charge in [-0.2, -0.15) is 0 Å². The number of anilines is 1. The second-order valence-electron chi connectivity index (χ2n) is 6.28. The van der Waals surface area contributed by atoms with Crippen LogP contribution >= 0.6 is 11.6 Å². The van der Waals surface area contributed by atoms with Crippen molar-refractivity contribution >= 4 is 23.2 Å². The number of amides is 1. The summed E-state index contributed by atoms with van der Waals surface area (Å²) in [5.41, 5.74) is 2.36. The van der Waals surface area contributed by atoms with Gasteiger partial charge in [0.1, 0.15) is 11.9 Å². The van der Waals surface area contributed by atoms with Gasteiger partial charge in [0.25, 0.3) is 0 Å². The Bertz CT molecular complexity index is 900. The van der Waals surface area contributed by atoms with E-state index in [1.165, 1.54) is 24.3 Å². The fraction of sp³-hybridized carbons (Fsp3) is 0.136. The average Bonchev–Trinajstić information content (AvgIpc) is 2.68. The first-order chi connectivity index (χ1) is 13.0. The van der Waals surface area contributed by atoms with Crippen molar-refractivity contribution in [1.82, 2.24) is 5.32 Å². The first-order valence-corrected chi connectivity index (χ1v) is 9.03. The molecule has 0 heterocycles. The van der Waals surface area contributed by atoms with Crippen LogP contribution in [0.1, 0.15) is 30.1 Å². The maximum Gasteiger partial charge on any atom is 0.246 e. The predicted molar refractivity (Wildman–Crippen MR) is 107 cm³/mol. The summed E-state index contributed by atoms with van der Waals surface area (Å²) in [6, 6.07) is 22.0. The molecule has 0 spiro atoms. The Hall–Kier alpha value is -2.69. The van der Waals surface area contributed by atoms with E-state index < -0.39 is 6.04 Å². The zero-order valence-electron chi connectivity index (χ0n) is 14.8. The Morgan fingerprint density at radius 2 is 1.59 bits per heavy atom. The van der Waals surface area contributed by atoms with Gasteiger partial charge in [0, 0.05) is 16.8 Å². The van der Waals surface area contributed by atoms with Crippen LogP contribution < -0.4 is 10.6 Å². The molecule has 5 heteroatoms. The van der Waals surface area contributed by atoms with Crippen LogP contribution in [-0.2, 0) is 4.79 Å². The lowest BCUT2D eigenvalue weighted by Gasteiger charge is -2.24. The molecule has 3 nitrogen and oxygen atoms in total. The molecule has 3 aromatic carbocycles. The van der Waals surface area contributed by atoms with E-state index in [1.807, 2.05) is 61.5 Å². The lowest BCUT2D eigenvalue weighted by molar-refractivity contribution is -0.118. The number of carbonyl (C=O) groups excluding carboxylic acids is 1. The molecular formula is C22H20ClFN2O. The molecule has 0 aromatic heterocycles. The number of carbonyl (C=O) groups is 1. The second kappa shape index (κ2) is 8.80. The highest BCUT2D eigenvalue weighted by atomic mass is 35.5. The molecule has 0 saturated heterocycles. The largest absolute Gasteiger partial charge is 0.324 e. The molecule has 2 N–H and O–H groups in total. The number of benzene rings is 3. The van der Waals surface area contributed by atoms with Gasteiger partial charge >= 0.3 is 0 Å². The quantitative estimate of drug-likeness (QED) is 0.590. The van der Waals surface area contributed by atoms with Crippen LogP contribution in [0.25, 0.3) is 0 Å². The fourth-order valence-electron chi connectivity index (χ4n) is 2.84. The third kappa shape index (κ3) is 5.16. The van der Waals surface area contributed by atoms with Crippen molar-refractivity contribution in [3.63, 3.8) is 0 Å². The van der Waals surface area contributed by atoms with Crippen LogP contribution in [0.5, 0.6) is 0 Å². The molecule has 0 unspecified atom stereocenters. The van der Waals surface area contributed by atoms with Gasteiger partial charge in [-0.05, 0) is 54.4 Å². The van der Waals surface area contributed by atoms with E-state index in [-0.39, 0.29) is 17.8 Å². The van der Waals surface area contributed by atoms with Crippen LogP contribution in [0.15, 0.2) is 78.9 Å². The SMILES string of the molecule is C[C@@H](N[C@H](C(=O)Nc1ccc(F)cc1)c1ccccc1)c1cccc(Cl)c1. The minimum atomic E-state index is -0.578. The number of halogens is 2. The van der Waals surface area contributed by atoms with Gasteiger partial charge < -0.3 is 5.32 Å². The predicted octanol–water partition coefficient (Wildman–Crippen LogP) is 5.51. The summed E-state index contributed by atoms with van der Waals surface area (Å²) in [6.07, 6.45) is 0. The first-order valence-electron chi connectivity index (χ1n) is 8.66. The Balaban J connectivity index is 1.82. The van der Waals surface area contributed by atoms with E-state index >= 15 is 0 Å². The number of hydrogen-bond acceptors (Lipinski definition) is 2. The van der Waals surface area contributed by atoms with Crippen LogP contribution in [0.2, 0.25) is 5.02 Å². The minimum absolute atomic E-state index is 0.104. The molecule has 27 heavy (non-hydrogen) atoms. The lowest BCUT2D eigenvalue weighted by atomic mass is 10.0. The zero-order chi connectivity index (χ0) is 19.2. The smallest absolute Gasteiger partial charge is 0.246 e. The molecule has 0 saturated carbocycles. The number of hydrogen-bond donors (Lipinski definition) is 2. The minimum Gasteiger partial charge on any atom is -0.324 e. The van der Waals surface area contributed by atoms with Crippen molar-refractivity contribution < 1.29 is 9.18 Å². The topological polar surface area (TPSA) is 41.1 Å². The Labute approximate surface area is 163 Å². The average molecular weight is 383 g/mol. The molecule has 3 rings (SSSR count). The highest BCUT2D eigenvalue weighted by molar-refractivity contribution is 6.30. The molecule has 0 aliphatic heterocycles. The van der Waals surface area contributed by atoms with Crippen LogP contribution in [-0.4, -0.2) is 5.91 Å². The van der Waals surface area contributed by atoms with E-state index in [2.05, 4.69) is 10.6 Å². The maximum absolute atomic E-state index is 13.1. The van der Waals surface area contributed by atoms with Crippen LogP contribution in [0.4, 0.5) is 10.1 Å². The highest BCUT2D eigenvalue weighted by Gasteiger charge is 2.23. The van der Waals surface area contributed by atoms with Gasteiger partial charge in [-0.1, -0.05) is 54.1 Å². The van der Waals surface area contributed by atoms with Crippen LogP contribution in [0, 0.1) is 5.82 Å². The van der Waals surface area contributed by atoms with Crippen molar-refractivity contribution in [2.45, 2.75) is 19.0 Å². The summed E-state index contributed by atoms with van der Waals surface area (Å²) >= 11 is 6.09. The van der Waals surface area contributed by atoms with Gasteiger partial charge in [0.05, 0.1) is 0 Å². The normalized spacial score (nSPS) is 13.0. The first kappa shape index (κ1) is 19.1. The molecule has 0 fully saturated rings. The van der Waals surface area contributed by atoms with E-state index in [0.29, 0.717) is 10.7 Å². The number of rotatable bonds is 6. The van der Waals surface area contributed by atoms with Gasteiger partial charge in [-0.25, -0.2) is 4.39 Å². The standard InChI is InChI=1S/C22H20ClFN2O/c1-15(17-8-5-9-18(23)14-17)25-21(16-6-3-2-4-7-16)22(27)26-20-12-10-19(24)11-13-20/h2-15,21,25H,1H3,(H,26,27)/t15-,21+/m1/s1. The maximum atomic E-state index is 13.1. The zero-order valence-corrected chi connectivity index (χ0v) is 15.6. The van der Waals surface area contributed by atoms with Crippen LogP contribution in [0.3, 0.4) is 0 Å². The lowest BCUT2D eigenvalue weighted by Crippen LogP contribution is -2.34. The summed E-state index contributed by atoms with van der Waals surface area (Å²) in [7, 11) is 0. The van der Waals surface area contributed by atoms with E-state index in [0.717, 1.165) is 11.1 Å². The molecule has 1 amide bonds. The summed E-state index contributed by atoms with van der Waals surface area (Å²) in [5, 5.41) is 6.85. The van der Waals surface area contributed by atoms with Gasteiger partial charge in [-0.3, -0.25) is 10.1 Å². The molecule has 2 atom stereocenters. The summed E-state index contributed by atoms with van der Waals surface area (Å²) in [5.74, 6) is -0.568. The van der Waals surface area contributed by atoms with Gasteiger partial charge in [0.2, 0.25) is 5.91 Å². The summed E-state index contributed by atoms with van der Waals surface area (Å²) < 4.78 is 13.1. The van der Waals surface area contributed by atoms with Crippen molar-refractivity contribution in [2.24, 2.45) is 0 Å². The van der Waals surface area contributed by atoms with Crippen molar-refractivity contribution in [1.29, 1.82) is 0 Å². The van der Waals surface area contributed by atoms with Gasteiger partial charge in [0.15, 0.2) is 0 Å². The third-order valence-electron chi connectivity index (χ3n) is 4.27. The van der Waals surface area contributed by atoms with E-state index in [1.54, 1.807) is 0 Å². The van der Waals surface area contributed by atoms with E-state index in [9.17, 15) is 9.18 Å². The monoisotopic (exact) mass is 382 g/mol. The fourth-order valence-corrected chi connectivity index (χ4v) is 3.04. The van der Waals surface area contributed by atoms with Crippen molar-refractivity contribution in [2.75, 3.05) is 5.32 Å². The summed E-state index contributed by atoms with van der Waals surface area (Å²) in [6.45, 7) is 1.98. The molecule has 0 bridgehead atoms. The molecule has 138 valence electrons.